The molecule has 160 valence electrons. The van der Waals surface area contributed by atoms with Crippen molar-refractivity contribution < 1.29 is 9.21 Å². The molecule has 0 saturated carbocycles. The SMILES string of the molecule is Cc1nccc(CNC(=O)c2c3c(nc4ccccc24)/C(=C\c2ccco2)CC(C)C3)n1. The molecule has 5 rings (SSSR count). The number of hydrogen-bond donors (Lipinski definition) is 1. The quantitative estimate of drug-likeness (QED) is 0.500. The van der Waals surface area contributed by atoms with Gasteiger partial charge in [-0.15, -0.1) is 0 Å². The summed E-state index contributed by atoms with van der Waals surface area (Å²) in [5.74, 6) is 1.76. The normalized spacial score (nSPS) is 16.8. The summed E-state index contributed by atoms with van der Waals surface area (Å²) in [7, 11) is 0. The number of pyridine rings is 1. The Morgan fingerprint density at radius 3 is 2.84 bits per heavy atom. The number of fused-ring (bicyclic) bond motifs is 2. The molecule has 0 spiro atoms. The number of benzene rings is 1. The lowest BCUT2D eigenvalue weighted by atomic mass is 9.80. The molecular formula is C26H24N4O2. The molecule has 3 heterocycles. The zero-order chi connectivity index (χ0) is 22.1. The Labute approximate surface area is 186 Å². The van der Waals surface area contributed by atoms with Gasteiger partial charge in [0.2, 0.25) is 0 Å². The minimum Gasteiger partial charge on any atom is -0.465 e. The van der Waals surface area contributed by atoms with E-state index in [2.05, 4.69) is 22.2 Å². The number of hydrogen-bond acceptors (Lipinski definition) is 5. The summed E-state index contributed by atoms with van der Waals surface area (Å²) >= 11 is 0. The van der Waals surface area contributed by atoms with Crippen LogP contribution in [0.2, 0.25) is 0 Å². The molecule has 6 nitrogen and oxygen atoms in total. The van der Waals surface area contributed by atoms with Crippen LogP contribution in [0.4, 0.5) is 0 Å². The van der Waals surface area contributed by atoms with E-state index in [1.54, 1.807) is 12.5 Å². The number of rotatable bonds is 4. The number of aromatic nitrogens is 3. The number of carbonyl (C=O) groups is 1. The summed E-state index contributed by atoms with van der Waals surface area (Å²) in [6, 6.07) is 13.5. The van der Waals surface area contributed by atoms with Crippen LogP contribution in [0.25, 0.3) is 22.6 Å². The lowest BCUT2D eigenvalue weighted by Gasteiger charge is -2.26. The Bertz CT molecular complexity index is 1330. The minimum atomic E-state index is -0.109. The van der Waals surface area contributed by atoms with Crippen LogP contribution in [0.3, 0.4) is 0 Å². The minimum absolute atomic E-state index is 0.109. The van der Waals surface area contributed by atoms with Gasteiger partial charge in [0, 0.05) is 11.6 Å². The van der Waals surface area contributed by atoms with Crippen molar-refractivity contribution in [3.05, 3.63) is 89.0 Å². The molecule has 1 amide bonds. The first kappa shape index (κ1) is 20.1. The molecule has 32 heavy (non-hydrogen) atoms. The summed E-state index contributed by atoms with van der Waals surface area (Å²) in [6.07, 6.45) is 7.11. The Hall–Kier alpha value is -3.80. The van der Waals surface area contributed by atoms with Crippen LogP contribution < -0.4 is 5.32 Å². The fourth-order valence-electron chi connectivity index (χ4n) is 4.40. The fraction of sp³-hybridized carbons (Fsp3) is 0.231. The molecule has 4 aromatic rings. The highest BCUT2D eigenvalue weighted by Crippen LogP contribution is 2.38. The van der Waals surface area contributed by atoms with Gasteiger partial charge in [-0.05, 0) is 67.2 Å². The molecule has 0 radical (unpaired) electrons. The van der Waals surface area contributed by atoms with Gasteiger partial charge in [0.05, 0.1) is 35.3 Å². The van der Waals surface area contributed by atoms with Crippen LogP contribution in [-0.2, 0) is 13.0 Å². The van der Waals surface area contributed by atoms with E-state index in [9.17, 15) is 4.79 Å². The van der Waals surface area contributed by atoms with E-state index in [-0.39, 0.29) is 5.91 Å². The molecule has 6 heteroatoms. The van der Waals surface area contributed by atoms with Crippen molar-refractivity contribution in [1.29, 1.82) is 0 Å². The van der Waals surface area contributed by atoms with Crippen molar-refractivity contribution in [3.8, 4) is 0 Å². The van der Waals surface area contributed by atoms with Gasteiger partial charge in [0.15, 0.2) is 0 Å². The van der Waals surface area contributed by atoms with Crippen molar-refractivity contribution >= 4 is 28.5 Å². The molecule has 1 aliphatic carbocycles. The van der Waals surface area contributed by atoms with Gasteiger partial charge in [-0.25, -0.2) is 15.0 Å². The second kappa shape index (κ2) is 8.38. The zero-order valence-corrected chi connectivity index (χ0v) is 18.1. The molecule has 1 aromatic carbocycles. The number of nitrogens with zero attached hydrogens (tertiary/aromatic N) is 3. The topological polar surface area (TPSA) is 80.9 Å². The van der Waals surface area contributed by atoms with E-state index in [0.29, 0.717) is 23.9 Å². The van der Waals surface area contributed by atoms with E-state index in [0.717, 1.165) is 52.0 Å². The molecule has 1 N–H and O–H groups in total. The fourth-order valence-corrected chi connectivity index (χ4v) is 4.40. The van der Waals surface area contributed by atoms with E-state index in [4.69, 9.17) is 9.40 Å². The van der Waals surface area contributed by atoms with Gasteiger partial charge >= 0.3 is 0 Å². The average Bonchev–Trinajstić information content (AvgIpc) is 3.29. The monoisotopic (exact) mass is 424 g/mol. The highest BCUT2D eigenvalue weighted by atomic mass is 16.3. The third-order valence-corrected chi connectivity index (χ3v) is 5.77. The average molecular weight is 425 g/mol. The maximum Gasteiger partial charge on any atom is 0.252 e. The van der Waals surface area contributed by atoms with Gasteiger partial charge in [-0.1, -0.05) is 25.1 Å². The second-order valence-corrected chi connectivity index (χ2v) is 8.31. The summed E-state index contributed by atoms with van der Waals surface area (Å²) in [5, 5.41) is 3.93. The Morgan fingerprint density at radius 1 is 1.16 bits per heavy atom. The second-order valence-electron chi connectivity index (χ2n) is 8.31. The summed E-state index contributed by atoms with van der Waals surface area (Å²) < 4.78 is 5.55. The van der Waals surface area contributed by atoms with Gasteiger partial charge in [0.25, 0.3) is 5.91 Å². The molecule has 0 fully saturated rings. The number of allylic oxidation sites excluding steroid dienone is 1. The first-order valence-electron chi connectivity index (χ1n) is 10.8. The van der Waals surface area contributed by atoms with E-state index in [1.807, 2.05) is 55.5 Å². The van der Waals surface area contributed by atoms with Crippen molar-refractivity contribution in [2.45, 2.75) is 33.2 Å². The number of para-hydroxylation sites is 1. The Balaban J connectivity index is 1.60. The molecule has 1 unspecified atom stereocenters. The molecule has 0 saturated heterocycles. The van der Waals surface area contributed by atoms with Gasteiger partial charge in [0.1, 0.15) is 11.6 Å². The summed E-state index contributed by atoms with van der Waals surface area (Å²) in [6.45, 7) is 4.39. The zero-order valence-electron chi connectivity index (χ0n) is 18.1. The van der Waals surface area contributed by atoms with Gasteiger partial charge in [-0.3, -0.25) is 4.79 Å². The first-order valence-corrected chi connectivity index (χ1v) is 10.8. The predicted molar refractivity (Wildman–Crippen MR) is 124 cm³/mol. The van der Waals surface area contributed by atoms with Gasteiger partial charge < -0.3 is 9.73 Å². The number of amides is 1. The lowest BCUT2D eigenvalue weighted by molar-refractivity contribution is 0.0950. The van der Waals surface area contributed by atoms with Crippen molar-refractivity contribution in [2.24, 2.45) is 5.92 Å². The van der Waals surface area contributed by atoms with Gasteiger partial charge in [-0.2, -0.15) is 0 Å². The standard InChI is InChI=1S/C26H24N4O2/c1-16-12-18(14-20-6-5-11-32-20)25-22(13-16)24(21-7-3-4-8-23(21)30-25)26(31)28-15-19-9-10-27-17(2)29-19/h3-11,14,16H,12-13,15H2,1-2H3,(H,28,31)/b18-14-. The van der Waals surface area contributed by atoms with Crippen molar-refractivity contribution in [3.63, 3.8) is 0 Å². The molecule has 1 aliphatic rings. The number of aryl methyl sites for hydroxylation is 1. The summed E-state index contributed by atoms with van der Waals surface area (Å²) in [4.78, 5) is 27.0. The molecule has 3 aromatic heterocycles. The molecule has 1 atom stereocenters. The van der Waals surface area contributed by atoms with Crippen molar-refractivity contribution in [2.75, 3.05) is 0 Å². The predicted octanol–water partition coefficient (Wildman–Crippen LogP) is 4.98. The van der Waals surface area contributed by atoms with E-state index >= 15 is 0 Å². The maximum atomic E-state index is 13.5. The Kier molecular flexibility index (Phi) is 5.27. The maximum absolute atomic E-state index is 13.5. The highest BCUT2D eigenvalue weighted by Gasteiger charge is 2.28. The Morgan fingerprint density at radius 2 is 2.03 bits per heavy atom. The third kappa shape index (κ3) is 3.91. The third-order valence-electron chi connectivity index (χ3n) is 5.77. The van der Waals surface area contributed by atoms with Crippen LogP contribution in [-0.4, -0.2) is 20.9 Å². The van der Waals surface area contributed by atoms with Crippen LogP contribution in [0.5, 0.6) is 0 Å². The van der Waals surface area contributed by atoms with E-state index < -0.39 is 0 Å². The molecular weight excluding hydrogens is 400 g/mol. The lowest BCUT2D eigenvalue weighted by Crippen LogP contribution is -2.27. The number of furan rings is 1. The van der Waals surface area contributed by atoms with Crippen LogP contribution in [0, 0.1) is 12.8 Å². The van der Waals surface area contributed by atoms with Crippen LogP contribution >= 0.6 is 0 Å². The molecule has 0 aliphatic heterocycles. The number of carbonyl (C=O) groups excluding carboxylic acids is 1. The van der Waals surface area contributed by atoms with Crippen LogP contribution in [0.15, 0.2) is 59.3 Å². The first-order chi connectivity index (χ1) is 15.6. The van der Waals surface area contributed by atoms with Crippen LogP contribution in [0.1, 0.15) is 52.2 Å². The van der Waals surface area contributed by atoms with Crippen molar-refractivity contribution in [1.82, 2.24) is 20.3 Å². The summed E-state index contributed by atoms with van der Waals surface area (Å²) in [5.41, 5.74) is 5.28. The largest absolute Gasteiger partial charge is 0.465 e. The highest BCUT2D eigenvalue weighted by molar-refractivity contribution is 6.09. The molecule has 0 bridgehead atoms. The smallest absolute Gasteiger partial charge is 0.252 e. The van der Waals surface area contributed by atoms with E-state index in [1.165, 1.54) is 0 Å². The number of nitrogens with one attached hydrogen (secondary N) is 1.